The molecule has 4 heterocycles. The minimum atomic E-state index is -0.860. The SMILES string of the molecule is O=C(O)C(c1c[nH]c2cc(Cl)ccc12)N1C[C@@H]2C[C@@H](C1)c1cccc(=O)n1C2. The van der Waals surface area contributed by atoms with E-state index in [1.807, 2.05) is 22.8 Å². The number of piperidine rings is 1. The van der Waals surface area contributed by atoms with E-state index >= 15 is 0 Å². The van der Waals surface area contributed by atoms with E-state index in [0.717, 1.165) is 28.6 Å². The molecule has 6 nitrogen and oxygen atoms in total. The number of pyridine rings is 1. The zero-order valence-electron chi connectivity index (χ0n) is 15.1. The van der Waals surface area contributed by atoms with Gasteiger partial charge in [-0.25, -0.2) is 0 Å². The second-order valence-corrected chi connectivity index (χ2v) is 8.26. The summed E-state index contributed by atoms with van der Waals surface area (Å²) < 4.78 is 1.86. The summed E-state index contributed by atoms with van der Waals surface area (Å²) in [7, 11) is 0. The number of aromatic nitrogens is 2. The molecule has 2 aromatic heterocycles. The Morgan fingerprint density at radius 3 is 2.89 bits per heavy atom. The van der Waals surface area contributed by atoms with E-state index in [9.17, 15) is 14.7 Å². The van der Waals surface area contributed by atoms with Crippen LogP contribution in [-0.2, 0) is 11.3 Å². The summed E-state index contributed by atoms with van der Waals surface area (Å²) in [4.78, 5) is 29.7. The number of carboxylic acids is 1. The Bertz CT molecular complexity index is 1140. The van der Waals surface area contributed by atoms with Crippen LogP contribution < -0.4 is 5.56 Å². The van der Waals surface area contributed by atoms with Crippen LogP contribution in [0.1, 0.15) is 29.6 Å². The van der Waals surface area contributed by atoms with Crippen LogP contribution in [0.3, 0.4) is 0 Å². The average molecular weight is 398 g/mol. The molecule has 3 aromatic rings. The fourth-order valence-electron chi connectivity index (χ4n) is 4.98. The molecular weight excluding hydrogens is 378 g/mol. The summed E-state index contributed by atoms with van der Waals surface area (Å²) in [5.74, 6) is -0.419. The molecule has 0 saturated carbocycles. The Balaban J connectivity index is 1.54. The zero-order valence-corrected chi connectivity index (χ0v) is 15.9. The van der Waals surface area contributed by atoms with Gasteiger partial charge in [-0.1, -0.05) is 23.7 Å². The molecule has 2 aliphatic rings. The Labute approximate surface area is 166 Å². The van der Waals surface area contributed by atoms with E-state index in [4.69, 9.17) is 11.6 Å². The number of H-pyrrole nitrogens is 1. The number of carboxylic acid groups (broad SMARTS) is 1. The predicted octanol–water partition coefficient (Wildman–Crippen LogP) is 3.23. The first-order valence-electron chi connectivity index (χ1n) is 9.44. The van der Waals surface area contributed by atoms with Crippen molar-refractivity contribution in [1.29, 1.82) is 0 Å². The van der Waals surface area contributed by atoms with Gasteiger partial charge in [0.2, 0.25) is 0 Å². The largest absolute Gasteiger partial charge is 0.480 e. The third-order valence-corrected chi connectivity index (χ3v) is 6.31. The van der Waals surface area contributed by atoms with E-state index < -0.39 is 12.0 Å². The van der Waals surface area contributed by atoms with Gasteiger partial charge < -0.3 is 14.7 Å². The monoisotopic (exact) mass is 397 g/mol. The molecule has 2 aliphatic heterocycles. The van der Waals surface area contributed by atoms with Crippen LogP contribution in [0, 0.1) is 5.92 Å². The molecular formula is C21H20ClN3O3. The van der Waals surface area contributed by atoms with Gasteiger partial charge in [-0.3, -0.25) is 14.5 Å². The first-order valence-corrected chi connectivity index (χ1v) is 9.82. The quantitative estimate of drug-likeness (QED) is 0.711. The maximum atomic E-state index is 12.3. The van der Waals surface area contributed by atoms with Crippen molar-refractivity contribution in [3.63, 3.8) is 0 Å². The van der Waals surface area contributed by atoms with Crippen molar-refractivity contribution in [2.45, 2.75) is 24.9 Å². The van der Waals surface area contributed by atoms with E-state index in [-0.39, 0.29) is 17.4 Å². The lowest BCUT2D eigenvalue weighted by atomic mass is 9.82. The number of halogens is 1. The number of hydrogen-bond donors (Lipinski definition) is 2. The summed E-state index contributed by atoms with van der Waals surface area (Å²) in [6.07, 6.45) is 2.78. The highest BCUT2D eigenvalue weighted by Crippen LogP contribution is 2.39. The molecule has 0 aliphatic carbocycles. The number of nitrogens with one attached hydrogen (secondary N) is 1. The summed E-state index contributed by atoms with van der Waals surface area (Å²) in [5, 5.41) is 11.6. The molecule has 1 unspecified atom stereocenters. The van der Waals surface area contributed by atoms with Crippen molar-refractivity contribution >= 4 is 28.5 Å². The van der Waals surface area contributed by atoms with Crippen molar-refractivity contribution in [2.75, 3.05) is 13.1 Å². The normalized spacial score (nSPS) is 22.8. The summed E-state index contributed by atoms with van der Waals surface area (Å²) in [6, 6.07) is 10.1. The van der Waals surface area contributed by atoms with Crippen molar-refractivity contribution in [3.8, 4) is 0 Å². The zero-order chi connectivity index (χ0) is 19.4. The second kappa shape index (κ2) is 6.50. The Morgan fingerprint density at radius 1 is 1.21 bits per heavy atom. The standard InChI is InChI=1S/C21H20ClN3O3/c22-14-4-5-15-16(8-23-17(15)7-14)20(21(27)28)24-9-12-6-13(11-24)18-2-1-3-19(26)25(18)10-12/h1-5,7-8,12-13,20,23H,6,9-11H2,(H,27,28)/t12-,13-,20?/m0/s1. The van der Waals surface area contributed by atoms with Crippen molar-refractivity contribution in [3.05, 3.63) is 69.2 Å². The summed E-state index contributed by atoms with van der Waals surface area (Å²) in [5.41, 5.74) is 2.64. The van der Waals surface area contributed by atoms with Gasteiger partial charge >= 0.3 is 5.97 Å². The molecule has 1 aromatic carbocycles. The highest BCUT2D eigenvalue weighted by Gasteiger charge is 2.40. The van der Waals surface area contributed by atoms with Crippen molar-refractivity contribution < 1.29 is 9.90 Å². The van der Waals surface area contributed by atoms with Crippen molar-refractivity contribution in [1.82, 2.24) is 14.5 Å². The number of carbonyl (C=O) groups is 1. The molecule has 0 radical (unpaired) electrons. The van der Waals surface area contributed by atoms with Gasteiger partial charge in [0, 0.05) is 65.0 Å². The van der Waals surface area contributed by atoms with E-state index in [1.54, 1.807) is 24.4 Å². The van der Waals surface area contributed by atoms with Gasteiger partial charge in [-0.15, -0.1) is 0 Å². The number of likely N-dealkylation sites (tertiary alicyclic amines) is 1. The van der Waals surface area contributed by atoms with Gasteiger partial charge in [0.25, 0.3) is 5.56 Å². The van der Waals surface area contributed by atoms with Crippen LogP contribution >= 0.6 is 11.6 Å². The second-order valence-electron chi connectivity index (χ2n) is 7.83. The topological polar surface area (TPSA) is 78.3 Å². The highest BCUT2D eigenvalue weighted by atomic mass is 35.5. The number of aromatic amines is 1. The lowest BCUT2D eigenvalue weighted by Gasteiger charge is -2.44. The molecule has 1 saturated heterocycles. The third kappa shape index (κ3) is 2.75. The Kier molecular flexibility index (Phi) is 4.07. The fraction of sp³-hybridized carbons (Fsp3) is 0.333. The number of rotatable bonds is 3. The number of fused-ring (bicyclic) bond motifs is 5. The number of benzene rings is 1. The molecule has 144 valence electrons. The van der Waals surface area contributed by atoms with Crippen LogP contribution in [0.4, 0.5) is 0 Å². The minimum Gasteiger partial charge on any atom is -0.480 e. The lowest BCUT2D eigenvalue weighted by Crippen LogP contribution is -2.49. The molecule has 5 rings (SSSR count). The predicted molar refractivity (Wildman–Crippen MR) is 107 cm³/mol. The molecule has 28 heavy (non-hydrogen) atoms. The summed E-state index contributed by atoms with van der Waals surface area (Å²) in [6.45, 7) is 1.93. The molecule has 1 fully saturated rings. The molecule has 3 atom stereocenters. The molecule has 7 heteroatoms. The smallest absolute Gasteiger partial charge is 0.325 e. The molecule has 0 spiro atoms. The summed E-state index contributed by atoms with van der Waals surface area (Å²) >= 11 is 6.07. The number of hydrogen-bond acceptors (Lipinski definition) is 3. The number of nitrogens with zero attached hydrogens (tertiary/aromatic N) is 2. The first kappa shape index (κ1) is 17.5. The van der Waals surface area contributed by atoms with Gasteiger partial charge in [0.15, 0.2) is 0 Å². The Morgan fingerprint density at radius 2 is 2.07 bits per heavy atom. The van der Waals surface area contributed by atoms with Gasteiger partial charge in [0.1, 0.15) is 6.04 Å². The van der Waals surface area contributed by atoms with Crippen molar-refractivity contribution in [2.24, 2.45) is 5.92 Å². The average Bonchev–Trinajstić information content (AvgIpc) is 3.05. The first-order chi connectivity index (χ1) is 13.5. The van der Waals surface area contributed by atoms with E-state index in [2.05, 4.69) is 9.88 Å². The van der Waals surface area contributed by atoms with Crippen LogP contribution in [0.5, 0.6) is 0 Å². The molecule has 2 bridgehead atoms. The van der Waals surface area contributed by atoms with Gasteiger partial charge in [-0.05, 0) is 30.5 Å². The lowest BCUT2D eigenvalue weighted by molar-refractivity contribution is -0.144. The third-order valence-electron chi connectivity index (χ3n) is 6.08. The fourth-order valence-corrected chi connectivity index (χ4v) is 5.15. The number of aliphatic carboxylic acids is 1. The maximum Gasteiger partial charge on any atom is 0.325 e. The van der Waals surface area contributed by atoms with Gasteiger partial charge in [-0.2, -0.15) is 0 Å². The molecule has 0 amide bonds. The van der Waals surface area contributed by atoms with Gasteiger partial charge in [0.05, 0.1) is 0 Å². The molecule has 2 N–H and O–H groups in total. The van der Waals surface area contributed by atoms with Crippen LogP contribution in [-0.4, -0.2) is 38.6 Å². The highest BCUT2D eigenvalue weighted by molar-refractivity contribution is 6.31. The van der Waals surface area contributed by atoms with E-state index in [0.29, 0.717) is 24.7 Å². The Hall–Kier alpha value is -2.57. The minimum absolute atomic E-state index is 0.0314. The van der Waals surface area contributed by atoms with E-state index in [1.165, 1.54) is 0 Å². The van der Waals surface area contributed by atoms with Crippen LogP contribution in [0.15, 0.2) is 47.4 Å². The van der Waals surface area contributed by atoms with Crippen LogP contribution in [0.2, 0.25) is 5.02 Å². The maximum absolute atomic E-state index is 12.3. The van der Waals surface area contributed by atoms with Crippen LogP contribution in [0.25, 0.3) is 10.9 Å².